The molecule has 0 unspecified atom stereocenters. The molecular formula is C14H13O2PS. The van der Waals surface area contributed by atoms with Crippen LogP contribution in [-0.2, 0) is 11.8 Å². The third kappa shape index (κ3) is 3.46. The molecule has 2 rings (SSSR count). The summed E-state index contributed by atoms with van der Waals surface area (Å²) >= 11 is 5.42. The number of para-hydroxylation sites is 2. The van der Waals surface area contributed by atoms with Crippen LogP contribution < -0.4 is 9.05 Å². The Balaban J connectivity index is 2.16. The summed E-state index contributed by atoms with van der Waals surface area (Å²) in [6.07, 6.45) is 0. The molecule has 0 spiro atoms. The predicted octanol–water partition coefficient (Wildman–Crippen LogP) is 4.60. The molecule has 4 heteroatoms. The minimum Gasteiger partial charge on any atom is -0.433 e. The van der Waals surface area contributed by atoms with Crippen molar-refractivity contribution in [1.82, 2.24) is 0 Å². The maximum Gasteiger partial charge on any atom is 0.311 e. The Bertz CT molecular complexity index is 509. The topological polar surface area (TPSA) is 18.5 Å². The molecule has 0 amide bonds. The van der Waals surface area contributed by atoms with Crippen LogP contribution in [-0.4, -0.2) is 0 Å². The summed E-state index contributed by atoms with van der Waals surface area (Å²) in [7, 11) is 0. The van der Waals surface area contributed by atoms with Crippen molar-refractivity contribution in [3.8, 4) is 11.5 Å². The van der Waals surface area contributed by atoms with Gasteiger partial charge < -0.3 is 9.05 Å². The van der Waals surface area contributed by atoms with Crippen LogP contribution in [0.1, 0.15) is 0 Å². The molecule has 0 bridgehead atoms. The number of hydrogen-bond acceptors (Lipinski definition) is 3. The van der Waals surface area contributed by atoms with Gasteiger partial charge in [0.2, 0.25) is 0 Å². The second kappa shape index (κ2) is 5.85. The predicted molar refractivity (Wildman–Crippen MR) is 78.6 cm³/mol. The Hall–Kier alpha value is -1.57. The maximum atomic E-state index is 5.74. The van der Waals surface area contributed by atoms with Crippen LogP contribution in [0.2, 0.25) is 0 Å². The fraction of sp³-hybridized carbons (Fsp3) is 0. The average molecular weight is 276 g/mol. The monoisotopic (exact) mass is 276 g/mol. The molecule has 0 saturated heterocycles. The van der Waals surface area contributed by atoms with Crippen LogP contribution in [0, 0.1) is 0 Å². The zero-order valence-electron chi connectivity index (χ0n) is 9.73. The van der Waals surface area contributed by atoms with Crippen molar-refractivity contribution in [3.05, 3.63) is 73.1 Å². The molecule has 0 fully saturated rings. The Morgan fingerprint density at radius 2 is 1.22 bits per heavy atom. The van der Waals surface area contributed by atoms with E-state index in [0.717, 1.165) is 0 Å². The van der Waals surface area contributed by atoms with Crippen molar-refractivity contribution in [2.45, 2.75) is 0 Å². The third-order valence-corrected chi connectivity index (χ3v) is 4.45. The van der Waals surface area contributed by atoms with Gasteiger partial charge in [0.1, 0.15) is 11.5 Å². The second-order valence-electron chi connectivity index (χ2n) is 3.53. The van der Waals surface area contributed by atoms with Gasteiger partial charge in [-0.15, -0.1) is 0 Å². The van der Waals surface area contributed by atoms with Gasteiger partial charge in [0.15, 0.2) is 0 Å². The van der Waals surface area contributed by atoms with Crippen molar-refractivity contribution >= 4 is 18.3 Å². The number of benzene rings is 2. The first-order valence-electron chi connectivity index (χ1n) is 5.44. The highest BCUT2D eigenvalue weighted by Crippen LogP contribution is 2.49. The van der Waals surface area contributed by atoms with Gasteiger partial charge in [0, 0.05) is 5.82 Å². The summed E-state index contributed by atoms with van der Waals surface area (Å²) in [6, 6.07) is 18.8. The summed E-state index contributed by atoms with van der Waals surface area (Å²) < 4.78 is 11.5. The van der Waals surface area contributed by atoms with E-state index >= 15 is 0 Å². The molecule has 2 aromatic rings. The fourth-order valence-corrected chi connectivity index (χ4v) is 2.88. The highest BCUT2D eigenvalue weighted by atomic mass is 32.5. The van der Waals surface area contributed by atoms with E-state index < -0.39 is 6.49 Å². The van der Waals surface area contributed by atoms with Gasteiger partial charge in [0.05, 0.1) is 0 Å². The van der Waals surface area contributed by atoms with Crippen molar-refractivity contribution in [2.24, 2.45) is 0 Å². The van der Waals surface area contributed by atoms with Gasteiger partial charge >= 0.3 is 6.49 Å². The van der Waals surface area contributed by atoms with Crippen molar-refractivity contribution in [3.63, 3.8) is 0 Å². The van der Waals surface area contributed by atoms with E-state index in [9.17, 15) is 0 Å². The molecule has 18 heavy (non-hydrogen) atoms. The molecule has 0 aliphatic rings. The zero-order valence-corrected chi connectivity index (χ0v) is 11.4. The summed E-state index contributed by atoms with van der Waals surface area (Å²) in [5.74, 6) is 2.95. The van der Waals surface area contributed by atoms with Gasteiger partial charge in [0.25, 0.3) is 0 Å². The molecule has 0 heterocycles. The molecule has 0 aromatic heterocycles. The van der Waals surface area contributed by atoms with Gasteiger partial charge in [-0.3, -0.25) is 0 Å². The van der Waals surface area contributed by atoms with E-state index in [1.165, 1.54) is 0 Å². The first-order valence-corrected chi connectivity index (χ1v) is 8.15. The second-order valence-corrected chi connectivity index (χ2v) is 6.87. The SMILES string of the molecule is C=CP(=S)(Oc1ccccc1)Oc1ccccc1. The molecule has 2 aromatic carbocycles. The zero-order chi connectivity index (χ0) is 12.8. The lowest BCUT2D eigenvalue weighted by molar-refractivity contribution is 0.498. The van der Waals surface area contributed by atoms with Crippen LogP contribution >= 0.6 is 6.49 Å². The Morgan fingerprint density at radius 3 is 1.56 bits per heavy atom. The third-order valence-electron chi connectivity index (χ3n) is 2.18. The largest absolute Gasteiger partial charge is 0.433 e. The summed E-state index contributed by atoms with van der Waals surface area (Å²) in [6.45, 7) is 1.17. The van der Waals surface area contributed by atoms with E-state index in [4.69, 9.17) is 20.9 Å². The lowest BCUT2D eigenvalue weighted by Crippen LogP contribution is -1.97. The average Bonchev–Trinajstić information content (AvgIpc) is 2.41. The molecular weight excluding hydrogens is 263 g/mol. The van der Waals surface area contributed by atoms with E-state index in [2.05, 4.69) is 6.58 Å². The van der Waals surface area contributed by atoms with Crippen LogP contribution in [0.25, 0.3) is 0 Å². The Morgan fingerprint density at radius 1 is 0.833 bits per heavy atom. The minimum atomic E-state index is -2.55. The van der Waals surface area contributed by atoms with Crippen LogP contribution in [0.4, 0.5) is 0 Å². The van der Waals surface area contributed by atoms with Crippen molar-refractivity contribution in [2.75, 3.05) is 0 Å². The summed E-state index contributed by atoms with van der Waals surface area (Å²) in [5.41, 5.74) is 0. The Labute approximate surface area is 112 Å². The summed E-state index contributed by atoms with van der Waals surface area (Å²) in [4.78, 5) is 0. The fourth-order valence-electron chi connectivity index (χ4n) is 1.35. The van der Waals surface area contributed by atoms with E-state index in [-0.39, 0.29) is 0 Å². The van der Waals surface area contributed by atoms with Crippen LogP contribution in [0.5, 0.6) is 11.5 Å². The smallest absolute Gasteiger partial charge is 0.311 e. The van der Waals surface area contributed by atoms with E-state index in [1.54, 1.807) is 5.82 Å². The Kier molecular flexibility index (Phi) is 4.19. The van der Waals surface area contributed by atoms with Gasteiger partial charge in [-0.05, 0) is 36.1 Å². The molecule has 0 N–H and O–H groups in total. The van der Waals surface area contributed by atoms with Gasteiger partial charge in [-0.2, -0.15) is 0 Å². The quantitative estimate of drug-likeness (QED) is 0.744. The highest BCUT2D eigenvalue weighted by molar-refractivity contribution is 8.11. The van der Waals surface area contributed by atoms with Crippen LogP contribution in [0.15, 0.2) is 73.1 Å². The molecule has 2 nitrogen and oxygen atoms in total. The molecule has 92 valence electrons. The molecule has 0 saturated carbocycles. The van der Waals surface area contributed by atoms with Crippen molar-refractivity contribution < 1.29 is 9.05 Å². The first kappa shape index (κ1) is 12.9. The highest BCUT2D eigenvalue weighted by Gasteiger charge is 2.17. The number of hydrogen-bond donors (Lipinski definition) is 0. The number of rotatable bonds is 5. The molecule has 0 aliphatic heterocycles. The standard InChI is InChI=1S/C14H13O2PS/c1-2-17(18,15-13-9-5-3-6-10-13)16-14-11-7-4-8-12-14/h2-12H,1H2. The van der Waals surface area contributed by atoms with Crippen molar-refractivity contribution in [1.29, 1.82) is 0 Å². The van der Waals surface area contributed by atoms with Crippen LogP contribution in [0.3, 0.4) is 0 Å². The maximum absolute atomic E-state index is 5.74. The molecule has 0 aliphatic carbocycles. The summed E-state index contributed by atoms with van der Waals surface area (Å²) in [5, 5.41) is 0. The lowest BCUT2D eigenvalue weighted by Gasteiger charge is -2.20. The van der Waals surface area contributed by atoms with E-state index in [1.807, 2.05) is 60.7 Å². The molecule has 0 radical (unpaired) electrons. The van der Waals surface area contributed by atoms with E-state index in [0.29, 0.717) is 11.5 Å². The van der Waals surface area contributed by atoms with Gasteiger partial charge in [-0.1, -0.05) is 43.0 Å². The minimum absolute atomic E-state index is 0.691. The molecule has 0 atom stereocenters. The first-order chi connectivity index (χ1) is 8.72. The van der Waals surface area contributed by atoms with Gasteiger partial charge in [-0.25, -0.2) is 0 Å². The normalized spacial score (nSPS) is 10.7. The lowest BCUT2D eigenvalue weighted by atomic mass is 10.3.